The predicted molar refractivity (Wildman–Crippen MR) is 105 cm³/mol. The molecule has 5 nitrogen and oxygen atoms in total. The second kappa shape index (κ2) is 11.2. The van der Waals surface area contributed by atoms with Crippen molar-refractivity contribution in [3.8, 4) is 0 Å². The topological polar surface area (TPSA) is 61.8 Å². The van der Waals surface area contributed by atoms with E-state index in [1.54, 1.807) is 6.66 Å². The summed E-state index contributed by atoms with van der Waals surface area (Å²) in [5.74, 6) is 0. The molecule has 25 heavy (non-hydrogen) atoms. The summed E-state index contributed by atoms with van der Waals surface area (Å²) >= 11 is 0. The molecule has 0 radical (unpaired) electrons. The summed E-state index contributed by atoms with van der Waals surface area (Å²) in [7, 11) is -5.50. The van der Waals surface area contributed by atoms with Crippen LogP contribution in [0.3, 0.4) is 0 Å². The van der Waals surface area contributed by atoms with E-state index in [4.69, 9.17) is 13.6 Å². The quantitative estimate of drug-likeness (QED) is 0.269. The Labute approximate surface area is 154 Å². The normalized spacial score (nSPS) is 29.4. The van der Waals surface area contributed by atoms with E-state index in [2.05, 4.69) is 6.92 Å². The highest BCUT2D eigenvalue weighted by Crippen LogP contribution is 2.53. The Kier molecular flexibility index (Phi) is 10.5. The molecule has 0 aromatic heterocycles. The molecule has 1 heterocycles. The molecule has 150 valence electrons. The maximum absolute atomic E-state index is 12.7. The van der Waals surface area contributed by atoms with E-state index in [-0.39, 0.29) is 5.41 Å². The highest BCUT2D eigenvalue weighted by atomic mass is 31.2. The fourth-order valence-corrected chi connectivity index (χ4v) is 5.41. The molecule has 0 aliphatic carbocycles. The molecular weight excluding hydrogens is 358 g/mol. The fraction of sp³-hybridized carbons (Fsp3) is 1.00. The van der Waals surface area contributed by atoms with Gasteiger partial charge in [-0.05, 0) is 12.8 Å². The van der Waals surface area contributed by atoms with Gasteiger partial charge in [0.25, 0.3) is 0 Å². The summed E-state index contributed by atoms with van der Waals surface area (Å²) in [6, 6.07) is 0. The Morgan fingerprint density at radius 3 is 2.04 bits per heavy atom. The zero-order valence-electron chi connectivity index (χ0n) is 16.6. The predicted octanol–water partition coefficient (Wildman–Crippen LogP) is 6.32. The lowest BCUT2D eigenvalue weighted by Gasteiger charge is -2.38. The number of unbranched alkanes of at least 4 members (excludes halogenated alkanes) is 7. The first kappa shape index (κ1) is 23.4. The van der Waals surface area contributed by atoms with Crippen LogP contribution in [0.5, 0.6) is 0 Å². The summed E-state index contributed by atoms with van der Waals surface area (Å²) in [5, 5.41) is 0. The Balaban J connectivity index is 2.23. The molecule has 1 aliphatic heterocycles. The van der Waals surface area contributed by atoms with Crippen molar-refractivity contribution in [1.29, 1.82) is 0 Å². The second-order valence-electron chi connectivity index (χ2n) is 7.66. The molecule has 1 unspecified atom stereocenters. The summed E-state index contributed by atoms with van der Waals surface area (Å²) in [6.07, 6.45) is 11.2. The van der Waals surface area contributed by atoms with Crippen LogP contribution in [0.4, 0.5) is 0 Å². The van der Waals surface area contributed by atoms with Gasteiger partial charge in [-0.15, -0.1) is 0 Å². The van der Waals surface area contributed by atoms with Gasteiger partial charge in [-0.3, -0.25) is 9.13 Å². The van der Waals surface area contributed by atoms with Crippen molar-refractivity contribution in [3.63, 3.8) is 0 Å². The van der Waals surface area contributed by atoms with Crippen LogP contribution in [-0.4, -0.2) is 39.3 Å². The lowest BCUT2D eigenvalue weighted by molar-refractivity contribution is -0.0135. The molecule has 0 aromatic rings. The van der Waals surface area contributed by atoms with Crippen molar-refractivity contribution < 1.29 is 22.7 Å². The first-order valence-corrected chi connectivity index (χ1v) is 14.1. The molecule has 7 heteroatoms. The number of rotatable bonds is 13. The molecule has 1 saturated heterocycles. The van der Waals surface area contributed by atoms with Gasteiger partial charge >= 0.3 is 7.60 Å². The molecule has 1 rings (SSSR count). The van der Waals surface area contributed by atoms with E-state index >= 15 is 0 Å². The van der Waals surface area contributed by atoms with E-state index in [9.17, 15) is 9.13 Å². The van der Waals surface area contributed by atoms with Crippen LogP contribution < -0.4 is 0 Å². The van der Waals surface area contributed by atoms with Gasteiger partial charge < -0.3 is 13.6 Å². The van der Waals surface area contributed by atoms with Crippen molar-refractivity contribution in [1.82, 2.24) is 0 Å². The summed E-state index contributed by atoms with van der Waals surface area (Å²) < 4.78 is 40.9. The van der Waals surface area contributed by atoms with Crippen LogP contribution in [0.25, 0.3) is 0 Å². The van der Waals surface area contributed by atoms with Crippen molar-refractivity contribution >= 4 is 15.0 Å². The van der Waals surface area contributed by atoms with Crippen LogP contribution in [0, 0.1) is 5.41 Å². The maximum atomic E-state index is 12.7. The minimum absolute atomic E-state index is 0.338. The van der Waals surface area contributed by atoms with Gasteiger partial charge in [0.1, 0.15) is 0 Å². The van der Waals surface area contributed by atoms with E-state index in [1.807, 2.05) is 6.92 Å². The average molecular weight is 396 g/mol. The SMILES string of the molecule is CCCCCCCCCCP(C)(=O)OCC1(CC)COP(C)(=O)OC1. The second-order valence-corrected chi connectivity index (χ2v) is 12.5. The largest absolute Gasteiger partial charge is 0.328 e. The molecular formula is C18H38O5P2. The van der Waals surface area contributed by atoms with Gasteiger partial charge in [-0.1, -0.05) is 58.8 Å². The molecule has 0 saturated carbocycles. The minimum atomic E-state index is -2.90. The summed E-state index contributed by atoms with van der Waals surface area (Å²) in [4.78, 5) is 0. The zero-order valence-corrected chi connectivity index (χ0v) is 18.4. The maximum Gasteiger partial charge on any atom is 0.327 e. The van der Waals surface area contributed by atoms with Gasteiger partial charge in [0.15, 0.2) is 7.37 Å². The molecule has 0 N–H and O–H groups in total. The van der Waals surface area contributed by atoms with E-state index < -0.39 is 15.0 Å². The van der Waals surface area contributed by atoms with Gasteiger partial charge in [-0.25, -0.2) is 0 Å². The first-order chi connectivity index (χ1) is 11.7. The fourth-order valence-electron chi connectivity index (χ4n) is 2.85. The molecule has 0 spiro atoms. The minimum Gasteiger partial charge on any atom is -0.328 e. The molecule has 1 aliphatic rings. The van der Waals surface area contributed by atoms with Gasteiger partial charge in [0.2, 0.25) is 0 Å². The Hall–Kier alpha value is 0.340. The number of hydrogen-bond donors (Lipinski definition) is 0. The van der Waals surface area contributed by atoms with Crippen molar-refractivity contribution in [2.24, 2.45) is 5.41 Å². The summed E-state index contributed by atoms with van der Waals surface area (Å²) in [5.41, 5.74) is -0.338. The van der Waals surface area contributed by atoms with E-state index in [0.717, 1.165) is 19.3 Å². The van der Waals surface area contributed by atoms with Crippen LogP contribution >= 0.6 is 15.0 Å². The highest BCUT2D eigenvalue weighted by molar-refractivity contribution is 7.58. The molecule has 1 fully saturated rings. The Morgan fingerprint density at radius 2 is 1.52 bits per heavy atom. The average Bonchev–Trinajstić information content (AvgIpc) is 2.57. The third-order valence-electron chi connectivity index (χ3n) is 5.02. The molecule has 0 amide bonds. The summed E-state index contributed by atoms with van der Waals surface area (Å²) in [6.45, 7) is 8.50. The van der Waals surface area contributed by atoms with Gasteiger partial charge in [0, 0.05) is 24.9 Å². The monoisotopic (exact) mass is 396 g/mol. The smallest absolute Gasteiger partial charge is 0.327 e. The Bertz CT molecular complexity index is 454. The third kappa shape index (κ3) is 9.73. The van der Waals surface area contributed by atoms with Gasteiger partial charge in [0.05, 0.1) is 19.8 Å². The Morgan fingerprint density at radius 1 is 1.00 bits per heavy atom. The molecule has 1 atom stereocenters. The molecule has 0 aromatic carbocycles. The van der Waals surface area contributed by atoms with Crippen molar-refractivity contribution in [3.05, 3.63) is 0 Å². The van der Waals surface area contributed by atoms with Crippen molar-refractivity contribution in [2.75, 3.05) is 39.3 Å². The van der Waals surface area contributed by atoms with Gasteiger partial charge in [-0.2, -0.15) is 0 Å². The highest BCUT2D eigenvalue weighted by Gasteiger charge is 2.40. The lowest BCUT2D eigenvalue weighted by Crippen LogP contribution is -2.38. The zero-order chi connectivity index (χ0) is 18.8. The van der Waals surface area contributed by atoms with E-state index in [1.165, 1.54) is 45.2 Å². The van der Waals surface area contributed by atoms with E-state index in [0.29, 0.717) is 26.0 Å². The lowest BCUT2D eigenvalue weighted by atomic mass is 9.88. The van der Waals surface area contributed by atoms with Crippen LogP contribution in [0.1, 0.15) is 71.6 Å². The van der Waals surface area contributed by atoms with Crippen molar-refractivity contribution in [2.45, 2.75) is 71.6 Å². The van der Waals surface area contributed by atoms with Crippen LogP contribution in [0.2, 0.25) is 0 Å². The van der Waals surface area contributed by atoms with Crippen LogP contribution in [-0.2, 0) is 22.7 Å². The first-order valence-electron chi connectivity index (χ1n) is 9.82. The number of hydrogen-bond acceptors (Lipinski definition) is 5. The molecule has 0 bridgehead atoms. The van der Waals surface area contributed by atoms with Crippen LogP contribution in [0.15, 0.2) is 0 Å². The standard InChI is InChI=1S/C18H38O5P2/c1-5-7-8-9-10-11-12-13-14-24(3,19)21-15-18(6-2)16-22-25(4,20)23-17-18/h5-17H2,1-4H3. The third-order valence-corrected chi connectivity index (χ3v) is 8.02.